The summed E-state index contributed by atoms with van der Waals surface area (Å²) in [5.41, 5.74) is 6.47. The maximum absolute atomic E-state index is 13.4. The first-order chi connectivity index (χ1) is 7.66. The lowest BCUT2D eigenvalue weighted by Crippen LogP contribution is -2.14. The lowest BCUT2D eigenvalue weighted by molar-refractivity contribution is 0.576. The smallest absolute Gasteiger partial charge is 0.146 e. The Kier molecular flexibility index (Phi) is 3.68. The van der Waals surface area contributed by atoms with Gasteiger partial charge in [0.15, 0.2) is 0 Å². The third-order valence-electron chi connectivity index (χ3n) is 2.25. The van der Waals surface area contributed by atoms with Crippen molar-refractivity contribution in [3.8, 4) is 0 Å². The number of aromatic nitrogens is 1. The van der Waals surface area contributed by atoms with Gasteiger partial charge in [0.2, 0.25) is 0 Å². The molecule has 0 bridgehead atoms. The molecule has 2 nitrogen and oxygen atoms in total. The number of nitrogens with zero attached hydrogens (tertiary/aromatic N) is 1. The zero-order valence-corrected chi connectivity index (χ0v) is 10.8. The van der Waals surface area contributed by atoms with Gasteiger partial charge in [-0.1, -0.05) is 0 Å². The Labute approximate surface area is 105 Å². The fraction of sp³-hybridized carbons (Fsp3) is 0.182. The summed E-state index contributed by atoms with van der Waals surface area (Å²) in [5, 5.41) is 0. The number of nitrogens with two attached hydrogens (primary N) is 1. The average Bonchev–Trinajstić information content (AvgIpc) is 2.64. The summed E-state index contributed by atoms with van der Waals surface area (Å²) in [6.45, 7) is 0. The normalized spacial score (nSPS) is 12.7. The molecular formula is C11H10BrFN2S. The van der Waals surface area contributed by atoms with Crippen LogP contribution in [0, 0.1) is 5.82 Å². The second kappa shape index (κ2) is 5.03. The number of hydrogen-bond acceptors (Lipinski definition) is 3. The van der Waals surface area contributed by atoms with Crippen LogP contribution in [0.5, 0.6) is 0 Å². The highest BCUT2D eigenvalue weighted by molar-refractivity contribution is 9.11. The quantitative estimate of drug-likeness (QED) is 0.945. The molecule has 1 unspecified atom stereocenters. The van der Waals surface area contributed by atoms with Crippen molar-refractivity contribution < 1.29 is 4.39 Å². The molecule has 0 aromatic carbocycles. The maximum atomic E-state index is 13.4. The van der Waals surface area contributed by atoms with Gasteiger partial charge in [0.05, 0.1) is 9.98 Å². The Balaban J connectivity index is 2.14. The van der Waals surface area contributed by atoms with Crippen LogP contribution in [0.4, 0.5) is 4.39 Å². The van der Waals surface area contributed by atoms with Crippen LogP contribution in [0.15, 0.2) is 34.4 Å². The predicted octanol–water partition coefficient (Wildman–Crippen LogP) is 3.29. The van der Waals surface area contributed by atoms with E-state index >= 15 is 0 Å². The van der Waals surface area contributed by atoms with Crippen LogP contribution in [0.25, 0.3) is 0 Å². The zero-order chi connectivity index (χ0) is 11.5. The molecule has 84 valence electrons. The maximum Gasteiger partial charge on any atom is 0.146 e. The third-order valence-corrected chi connectivity index (χ3v) is 3.90. The van der Waals surface area contributed by atoms with Crippen molar-refractivity contribution >= 4 is 27.3 Å². The minimum atomic E-state index is -0.342. The van der Waals surface area contributed by atoms with E-state index in [2.05, 4.69) is 20.9 Å². The van der Waals surface area contributed by atoms with Gasteiger partial charge in [-0.25, -0.2) is 4.39 Å². The van der Waals surface area contributed by atoms with Crippen LogP contribution < -0.4 is 5.73 Å². The van der Waals surface area contributed by atoms with Gasteiger partial charge in [-0.2, -0.15) is 0 Å². The number of rotatable bonds is 3. The predicted molar refractivity (Wildman–Crippen MR) is 66.8 cm³/mol. The molecule has 0 saturated carbocycles. The average molecular weight is 301 g/mol. The topological polar surface area (TPSA) is 38.9 Å². The first kappa shape index (κ1) is 11.7. The fourth-order valence-electron chi connectivity index (χ4n) is 1.47. The molecule has 0 aliphatic carbocycles. The molecule has 1 atom stereocenters. The fourth-order valence-corrected chi connectivity index (χ4v) is 3.02. The van der Waals surface area contributed by atoms with Crippen LogP contribution in [-0.4, -0.2) is 4.98 Å². The first-order valence-corrected chi connectivity index (χ1v) is 6.37. The largest absolute Gasteiger partial charge is 0.324 e. The lowest BCUT2D eigenvalue weighted by atomic mass is 10.1. The van der Waals surface area contributed by atoms with Gasteiger partial charge in [-0.3, -0.25) is 4.98 Å². The SMILES string of the molecule is NC(Cc1ccc(Br)s1)c1ccncc1F. The van der Waals surface area contributed by atoms with E-state index in [-0.39, 0.29) is 11.9 Å². The second-order valence-corrected chi connectivity index (χ2v) is 5.96. The van der Waals surface area contributed by atoms with Crippen LogP contribution >= 0.6 is 27.3 Å². The minimum absolute atomic E-state index is 0.325. The van der Waals surface area contributed by atoms with Crippen molar-refractivity contribution in [2.24, 2.45) is 5.73 Å². The van der Waals surface area contributed by atoms with E-state index in [1.165, 1.54) is 6.20 Å². The van der Waals surface area contributed by atoms with E-state index in [1.807, 2.05) is 12.1 Å². The van der Waals surface area contributed by atoms with Gasteiger partial charge < -0.3 is 5.73 Å². The van der Waals surface area contributed by atoms with Gasteiger partial charge in [-0.05, 0) is 34.1 Å². The van der Waals surface area contributed by atoms with Gasteiger partial charge >= 0.3 is 0 Å². The first-order valence-electron chi connectivity index (χ1n) is 4.76. The van der Waals surface area contributed by atoms with E-state index in [0.717, 1.165) is 8.66 Å². The molecular weight excluding hydrogens is 291 g/mol. The summed E-state index contributed by atoms with van der Waals surface area (Å²) < 4.78 is 14.5. The Bertz CT molecular complexity index is 486. The van der Waals surface area contributed by atoms with E-state index in [1.54, 1.807) is 23.6 Å². The van der Waals surface area contributed by atoms with Crippen LogP contribution in [0.2, 0.25) is 0 Å². The van der Waals surface area contributed by atoms with Crippen molar-refractivity contribution in [1.82, 2.24) is 4.98 Å². The minimum Gasteiger partial charge on any atom is -0.324 e. The van der Waals surface area contributed by atoms with E-state index in [9.17, 15) is 4.39 Å². The molecule has 2 aromatic heterocycles. The van der Waals surface area contributed by atoms with Crippen molar-refractivity contribution in [1.29, 1.82) is 0 Å². The highest BCUT2D eigenvalue weighted by atomic mass is 79.9. The van der Waals surface area contributed by atoms with Crippen LogP contribution in [0.1, 0.15) is 16.5 Å². The number of hydrogen-bond donors (Lipinski definition) is 1. The Morgan fingerprint density at radius 1 is 1.44 bits per heavy atom. The monoisotopic (exact) mass is 300 g/mol. The summed E-state index contributed by atoms with van der Waals surface area (Å²) in [4.78, 5) is 4.84. The molecule has 0 aliphatic heterocycles. The van der Waals surface area contributed by atoms with Gasteiger partial charge in [0.1, 0.15) is 5.82 Å². The highest BCUT2D eigenvalue weighted by Crippen LogP contribution is 2.26. The molecule has 2 rings (SSSR count). The molecule has 0 fully saturated rings. The van der Waals surface area contributed by atoms with E-state index in [0.29, 0.717) is 12.0 Å². The molecule has 2 N–H and O–H groups in total. The number of halogens is 2. The molecule has 0 saturated heterocycles. The third kappa shape index (κ3) is 2.66. The summed E-state index contributed by atoms with van der Waals surface area (Å²) >= 11 is 5.00. The van der Waals surface area contributed by atoms with Gasteiger partial charge in [-0.15, -0.1) is 11.3 Å². The Morgan fingerprint density at radius 3 is 2.88 bits per heavy atom. The van der Waals surface area contributed by atoms with Crippen molar-refractivity contribution in [2.75, 3.05) is 0 Å². The molecule has 5 heteroatoms. The molecule has 0 aliphatic rings. The number of pyridine rings is 1. The summed E-state index contributed by atoms with van der Waals surface area (Å²) in [5.74, 6) is -0.342. The molecule has 0 amide bonds. The molecule has 0 spiro atoms. The highest BCUT2D eigenvalue weighted by Gasteiger charge is 2.12. The molecule has 16 heavy (non-hydrogen) atoms. The van der Waals surface area contributed by atoms with Crippen molar-refractivity contribution in [3.05, 3.63) is 50.6 Å². The Morgan fingerprint density at radius 2 is 2.25 bits per heavy atom. The Hall–Kier alpha value is -0.780. The summed E-state index contributed by atoms with van der Waals surface area (Å²) in [7, 11) is 0. The summed E-state index contributed by atoms with van der Waals surface area (Å²) in [6.07, 6.45) is 3.39. The summed E-state index contributed by atoms with van der Waals surface area (Å²) in [6, 6.07) is 5.26. The van der Waals surface area contributed by atoms with Gasteiger partial charge in [0, 0.05) is 29.1 Å². The molecule has 0 radical (unpaired) electrons. The second-order valence-electron chi connectivity index (χ2n) is 3.41. The van der Waals surface area contributed by atoms with E-state index in [4.69, 9.17) is 5.73 Å². The molecule has 2 heterocycles. The van der Waals surface area contributed by atoms with Crippen LogP contribution in [-0.2, 0) is 6.42 Å². The molecule has 2 aromatic rings. The zero-order valence-electron chi connectivity index (χ0n) is 8.36. The standard InChI is InChI=1S/C11H10BrFN2S/c12-11-2-1-7(16-11)5-10(14)8-3-4-15-6-9(8)13/h1-4,6,10H,5,14H2. The van der Waals surface area contributed by atoms with Gasteiger partial charge in [0.25, 0.3) is 0 Å². The van der Waals surface area contributed by atoms with Crippen molar-refractivity contribution in [2.45, 2.75) is 12.5 Å². The van der Waals surface area contributed by atoms with Crippen LogP contribution in [0.3, 0.4) is 0 Å². The number of thiophene rings is 1. The van der Waals surface area contributed by atoms with E-state index < -0.39 is 0 Å². The van der Waals surface area contributed by atoms with Crippen molar-refractivity contribution in [3.63, 3.8) is 0 Å². The lowest BCUT2D eigenvalue weighted by Gasteiger charge is -2.11.